The molecule has 1 saturated carbocycles. The van der Waals surface area contributed by atoms with Crippen LogP contribution in [0.15, 0.2) is 42.7 Å². The summed E-state index contributed by atoms with van der Waals surface area (Å²) in [5.41, 5.74) is 2.13. The Morgan fingerprint density at radius 2 is 1.76 bits per heavy atom. The van der Waals surface area contributed by atoms with Gasteiger partial charge in [0.25, 0.3) is 5.91 Å². The summed E-state index contributed by atoms with van der Waals surface area (Å²) in [6.07, 6.45) is 10.5. The van der Waals surface area contributed by atoms with E-state index in [1.54, 1.807) is 13.0 Å². The molecule has 1 amide bonds. The standard InChI is InChI=1S/C26H27N4O2.Y/c1-2-8-25(31)29-20-13-16-24-23(17-20)26(28-18-27-24)30-19-11-14-22(15-12-19)32-21-9-6-4-3-5-7-10-21;/h11-16,18,21H,3-7,9-10H2,1H3,(H,29,31)(H,27,28,30);/q-1;. The van der Waals surface area contributed by atoms with Crippen LogP contribution in [0.1, 0.15) is 51.9 Å². The summed E-state index contributed by atoms with van der Waals surface area (Å²) in [7, 11) is 0. The summed E-state index contributed by atoms with van der Waals surface area (Å²) in [5, 5.41) is 6.72. The smallest absolute Gasteiger partial charge is 0.298 e. The van der Waals surface area contributed by atoms with Crippen molar-refractivity contribution in [2.45, 2.75) is 58.0 Å². The predicted molar refractivity (Wildman–Crippen MR) is 127 cm³/mol. The monoisotopic (exact) mass is 516 g/mol. The molecule has 0 saturated heterocycles. The Hall–Kier alpha value is -2.49. The van der Waals surface area contributed by atoms with E-state index in [1.807, 2.05) is 30.3 Å². The molecule has 0 spiro atoms. The van der Waals surface area contributed by atoms with Crippen molar-refractivity contribution in [1.29, 1.82) is 0 Å². The van der Waals surface area contributed by atoms with Crippen LogP contribution in [-0.2, 0) is 37.5 Å². The molecule has 0 atom stereocenters. The van der Waals surface area contributed by atoms with Gasteiger partial charge >= 0.3 is 0 Å². The number of fused-ring (bicyclic) bond motifs is 1. The van der Waals surface area contributed by atoms with Gasteiger partial charge in [-0.1, -0.05) is 30.6 Å². The van der Waals surface area contributed by atoms with E-state index in [2.05, 4.69) is 38.5 Å². The zero-order valence-electron chi connectivity index (χ0n) is 18.9. The maximum Gasteiger partial charge on any atom is 0.298 e. The third kappa shape index (κ3) is 7.25. The van der Waals surface area contributed by atoms with Gasteiger partial charge in [0, 0.05) is 38.4 Å². The number of carbonyl (C=O) groups excluding carboxylic acids is 1. The van der Waals surface area contributed by atoms with Crippen LogP contribution in [0.3, 0.4) is 0 Å². The molecule has 2 aromatic carbocycles. The maximum atomic E-state index is 11.8. The van der Waals surface area contributed by atoms with E-state index in [9.17, 15) is 4.79 Å². The molecule has 1 aliphatic carbocycles. The Labute approximate surface area is 220 Å². The molecule has 7 heteroatoms. The van der Waals surface area contributed by atoms with Gasteiger partial charge < -0.3 is 15.4 Å². The topological polar surface area (TPSA) is 76.1 Å². The average Bonchev–Trinajstić information content (AvgIpc) is 2.77. The fourth-order valence-corrected chi connectivity index (χ4v) is 3.90. The van der Waals surface area contributed by atoms with Gasteiger partial charge in [0.05, 0.1) is 18.2 Å². The van der Waals surface area contributed by atoms with Gasteiger partial charge in [-0.15, -0.1) is 18.2 Å². The average molecular weight is 516 g/mol. The summed E-state index contributed by atoms with van der Waals surface area (Å²) in [5.74, 6) is 6.16. The second kappa shape index (κ2) is 12.7. The molecule has 4 rings (SSSR count). The van der Waals surface area contributed by atoms with Crippen LogP contribution in [-0.4, -0.2) is 22.0 Å². The van der Waals surface area contributed by atoms with Crippen molar-refractivity contribution < 1.29 is 42.2 Å². The second-order valence-corrected chi connectivity index (χ2v) is 7.92. The number of hydrogen-bond acceptors (Lipinski definition) is 5. The van der Waals surface area contributed by atoms with Gasteiger partial charge in [-0.2, -0.15) is 0 Å². The van der Waals surface area contributed by atoms with E-state index < -0.39 is 0 Å². The number of rotatable bonds is 5. The molecule has 6 nitrogen and oxygen atoms in total. The largest absolute Gasteiger partial charge is 0.490 e. The van der Waals surface area contributed by atoms with E-state index in [-0.39, 0.29) is 38.6 Å². The van der Waals surface area contributed by atoms with Crippen molar-refractivity contribution in [3.8, 4) is 17.6 Å². The van der Waals surface area contributed by atoms with Gasteiger partial charge in [0.2, 0.25) is 0 Å². The van der Waals surface area contributed by atoms with Crippen LogP contribution < -0.4 is 15.4 Å². The molecule has 1 aliphatic rings. The Balaban J connectivity index is 0.00000306. The molecule has 1 heterocycles. The predicted octanol–water partition coefficient (Wildman–Crippen LogP) is 5.62. The van der Waals surface area contributed by atoms with Crippen molar-refractivity contribution in [3.05, 3.63) is 48.8 Å². The Morgan fingerprint density at radius 1 is 1.03 bits per heavy atom. The first kappa shape index (κ1) is 25.1. The number of anilines is 3. The van der Waals surface area contributed by atoms with Gasteiger partial charge in [-0.3, -0.25) is 14.8 Å². The third-order valence-corrected chi connectivity index (χ3v) is 5.50. The van der Waals surface area contributed by atoms with Crippen LogP contribution >= 0.6 is 0 Å². The summed E-state index contributed by atoms with van der Waals surface area (Å²) in [6.45, 7) is 1.62. The minimum Gasteiger partial charge on any atom is -0.490 e. The summed E-state index contributed by atoms with van der Waals surface area (Å²) < 4.78 is 6.23. The first-order chi connectivity index (χ1) is 15.7. The van der Waals surface area contributed by atoms with Crippen LogP contribution in [0, 0.1) is 17.9 Å². The first-order valence-corrected chi connectivity index (χ1v) is 11.2. The van der Waals surface area contributed by atoms with Crippen LogP contribution in [0.5, 0.6) is 5.75 Å². The summed E-state index contributed by atoms with van der Waals surface area (Å²) >= 11 is 0. The van der Waals surface area contributed by atoms with Crippen molar-refractivity contribution in [1.82, 2.24) is 9.97 Å². The molecule has 3 aromatic rings. The molecular weight excluding hydrogens is 489 g/mol. The van der Waals surface area contributed by atoms with E-state index in [4.69, 9.17) is 4.74 Å². The summed E-state index contributed by atoms with van der Waals surface area (Å²) in [6, 6.07) is 14.7. The molecule has 0 aliphatic heterocycles. The molecule has 167 valence electrons. The van der Waals surface area contributed by atoms with Gasteiger partial charge in [0.1, 0.15) is 5.75 Å². The zero-order valence-corrected chi connectivity index (χ0v) is 21.7. The molecule has 33 heavy (non-hydrogen) atoms. The maximum absolute atomic E-state index is 11.8. The van der Waals surface area contributed by atoms with Crippen LogP contribution in [0.2, 0.25) is 0 Å². The van der Waals surface area contributed by atoms with Crippen LogP contribution in [0.4, 0.5) is 17.2 Å². The van der Waals surface area contributed by atoms with Gasteiger partial charge in [-0.25, -0.2) is 0 Å². The van der Waals surface area contributed by atoms with Gasteiger partial charge in [-0.05, 0) is 74.0 Å². The van der Waals surface area contributed by atoms with Crippen molar-refractivity contribution >= 4 is 34.0 Å². The number of nitrogens with one attached hydrogen (secondary N) is 2. The molecule has 1 radical (unpaired) electrons. The molecule has 0 unspecified atom stereocenters. The second-order valence-electron chi connectivity index (χ2n) is 7.92. The molecule has 2 N–H and O–H groups in total. The quantitative estimate of drug-likeness (QED) is 0.340. The number of hydrogen-bond donors (Lipinski definition) is 2. The summed E-state index contributed by atoms with van der Waals surface area (Å²) in [4.78, 5) is 20.4. The third-order valence-electron chi connectivity index (χ3n) is 5.50. The number of ether oxygens (including phenoxy) is 1. The fraction of sp³-hybridized carbons (Fsp3) is 0.346. The Kier molecular flexibility index (Phi) is 9.66. The van der Waals surface area contributed by atoms with E-state index in [0.29, 0.717) is 23.0 Å². The number of nitrogens with zero attached hydrogens (tertiary/aromatic N) is 2. The van der Waals surface area contributed by atoms with Gasteiger partial charge in [0.15, 0.2) is 0 Å². The van der Waals surface area contributed by atoms with Crippen molar-refractivity contribution in [2.24, 2.45) is 0 Å². The Morgan fingerprint density at radius 3 is 2.48 bits per heavy atom. The van der Waals surface area contributed by atoms with E-state index >= 15 is 0 Å². The molecule has 1 fully saturated rings. The zero-order chi connectivity index (χ0) is 22.2. The molecule has 1 aromatic heterocycles. The van der Waals surface area contributed by atoms with Crippen molar-refractivity contribution in [3.63, 3.8) is 0 Å². The first-order valence-electron chi connectivity index (χ1n) is 11.2. The number of aromatic nitrogens is 2. The fourth-order valence-electron chi connectivity index (χ4n) is 3.90. The Bertz CT molecular complexity index is 1130. The minimum atomic E-state index is -0.380. The van der Waals surface area contributed by atoms with Crippen molar-refractivity contribution in [2.75, 3.05) is 10.6 Å². The van der Waals surface area contributed by atoms with E-state index in [0.717, 1.165) is 29.8 Å². The number of benzene rings is 2. The van der Waals surface area contributed by atoms with Crippen LogP contribution in [0.25, 0.3) is 10.9 Å². The minimum absolute atomic E-state index is 0. The SMILES string of the molecule is CC#CC(=O)Nc1[c-]c2c(Nc3ccc(OC4CCCCCCC4)cc3)ncnc2cc1.[Y]. The molecular formula is C26H27N4O2Y-. The number of amides is 1. The number of carbonyl (C=O) groups is 1. The normalized spacial score (nSPS) is 14.1. The molecule has 0 bridgehead atoms. The van der Waals surface area contributed by atoms with E-state index in [1.165, 1.54) is 38.4 Å².